The van der Waals surface area contributed by atoms with Gasteiger partial charge < -0.3 is 5.11 Å². The Kier molecular flexibility index (Phi) is 1.98. The highest BCUT2D eigenvalue weighted by Crippen LogP contribution is 2.74. The summed E-state index contributed by atoms with van der Waals surface area (Å²) in [6, 6.07) is 0. The number of rotatable bonds is 1. The van der Waals surface area contributed by atoms with E-state index in [1.807, 2.05) is 0 Å². The number of hydrogen-bond acceptors (Lipinski definition) is 1. The molecule has 0 heterocycles. The van der Waals surface area contributed by atoms with Crippen LogP contribution in [-0.2, 0) is 0 Å². The highest BCUT2D eigenvalue weighted by atomic mass is 16.3. The first-order valence-corrected chi connectivity index (χ1v) is 6.81. The fraction of sp³-hybridized carbons (Fsp3) is 0.867. The van der Waals surface area contributed by atoms with Crippen LogP contribution in [-0.4, -0.2) is 10.7 Å². The van der Waals surface area contributed by atoms with Gasteiger partial charge in [0.25, 0.3) is 0 Å². The van der Waals surface area contributed by atoms with E-state index in [0.29, 0.717) is 23.2 Å². The van der Waals surface area contributed by atoms with Crippen molar-refractivity contribution in [1.82, 2.24) is 0 Å². The molecule has 0 aromatic rings. The Bertz CT molecular complexity index is 345. The van der Waals surface area contributed by atoms with Crippen LogP contribution in [0.5, 0.6) is 0 Å². The molecule has 1 heteroatoms. The minimum Gasteiger partial charge on any atom is -0.389 e. The predicted molar refractivity (Wildman–Crippen MR) is 66.0 cm³/mol. The molecular formula is C15H24O. The third-order valence-electron chi connectivity index (χ3n) is 6.20. The molecule has 0 aromatic heterocycles. The van der Waals surface area contributed by atoms with E-state index < -0.39 is 5.60 Å². The van der Waals surface area contributed by atoms with Gasteiger partial charge in [0.2, 0.25) is 0 Å². The van der Waals surface area contributed by atoms with Gasteiger partial charge in [-0.25, -0.2) is 0 Å². The molecule has 5 atom stereocenters. The quantitative estimate of drug-likeness (QED) is 0.672. The van der Waals surface area contributed by atoms with Gasteiger partial charge in [0.05, 0.1) is 5.60 Å². The smallest absolute Gasteiger partial charge is 0.0709 e. The summed E-state index contributed by atoms with van der Waals surface area (Å²) in [7, 11) is 0. The summed E-state index contributed by atoms with van der Waals surface area (Å²) in [4.78, 5) is 0. The Hall–Kier alpha value is -0.300. The maximum absolute atomic E-state index is 10.9. The van der Waals surface area contributed by atoms with E-state index in [4.69, 9.17) is 0 Å². The topological polar surface area (TPSA) is 20.2 Å². The summed E-state index contributed by atoms with van der Waals surface area (Å²) in [5.74, 6) is 2.35. The molecule has 0 saturated heterocycles. The molecule has 16 heavy (non-hydrogen) atoms. The highest BCUT2D eigenvalue weighted by molar-refractivity contribution is 5.29. The van der Waals surface area contributed by atoms with Gasteiger partial charge in [-0.05, 0) is 48.9 Å². The van der Waals surface area contributed by atoms with E-state index in [9.17, 15) is 5.11 Å². The molecule has 1 nitrogen and oxygen atoms in total. The molecule has 3 rings (SSSR count). The fourth-order valence-electron chi connectivity index (χ4n) is 5.20. The van der Waals surface area contributed by atoms with Crippen molar-refractivity contribution in [2.45, 2.75) is 52.1 Å². The van der Waals surface area contributed by atoms with E-state index in [2.05, 4.69) is 27.4 Å². The molecule has 0 bridgehead atoms. The van der Waals surface area contributed by atoms with Gasteiger partial charge in [-0.15, -0.1) is 0 Å². The van der Waals surface area contributed by atoms with Crippen LogP contribution in [0.25, 0.3) is 0 Å². The van der Waals surface area contributed by atoms with Gasteiger partial charge in [0, 0.05) is 5.92 Å². The predicted octanol–water partition coefficient (Wildman–Crippen LogP) is 3.39. The molecule has 3 aliphatic rings. The minimum absolute atomic E-state index is 0.383. The van der Waals surface area contributed by atoms with Crippen LogP contribution in [0.3, 0.4) is 0 Å². The SMILES string of the molecule is C=C1CCC2C1C1C2(C)CCC1(O)C(C)C. The molecule has 3 aliphatic carbocycles. The second-order valence-electron chi connectivity index (χ2n) is 6.96. The van der Waals surface area contributed by atoms with Crippen molar-refractivity contribution >= 4 is 0 Å². The zero-order chi connectivity index (χ0) is 11.7. The summed E-state index contributed by atoms with van der Waals surface area (Å²) < 4.78 is 0. The fourth-order valence-corrected chi connectivity index (χ4v) is 5.20. The number of fused-ring (bicyclic) bond motifs is 4. The summed E-state index contributed by atoms with van der Waals surface area (Å²) in [5, 5.41) is 10.9. The van der Waals surface area contributed by atoms with Crippen molar-refractivity contribution in [1.29, 1.82) is 0 Å². The monoisotopic (exact) mass is 220 g/mol. The lowest BCUT2D eigenvalue weighted by atomic mass is 9.46. The Morgan fingerprint density at radius 2 is 2.06 bits per heavy atom. The number of aliphatic hydroxyl groups is 1. The first-order chi connectivity index (χ1) is 7.41. The van der Waals surface area contributed by atoms with Crippen LogP contribution >= 0.6 is 0 Å². The van der Waals surface area contributed by atoms with Gasteiger partial charge >= 0.3 is 0 Å². The Balaban J connectivity index is 1.98. The molecule has 90 valence electrons. The van der Waals surface area contributed by atoms with Crippen LogP contribution in [0.2, 0.25) is 0 Å². The van der Waals surface area contributed by atoms with Crippen LogP contribution < -0.4 is 0 Å². The van der Waals surface area contributed by atoms with Crippen LogP contribution in [0.1, 0.15) is 46.5 Å². The second kappa shape index (κ2) is 2.93. The number of hydrogen-bond donors (Lipinski definition) is 1. The molecule has 3 saturated carbocycles. The molecule has 0 aliphatic heterocycles. The molecular weight excluding hydrogens is 196 g/mol. The third-order valence-corrected chi connectivity index (χ3v) is 6.20. The van der Waals surface area contributed by atoms with Crippen LogP contribution in [0.4, 0.5) is 0 Å². The first kappa shape index (κ1) is 10.8. The van der Waals surface area contributed by atoms with E-state index in [1.165, 1.54) is 24.8 Å². The van der Waals surface area contributed by atoms with Gasteiger partial charge in [0.1, 0.15) is 0 Å². The summed E-state index contributed by atoms with van der Waals surface area (Å²) in [5.41, 5.74) is 1.43. The van der Waals surface area contributed by atoms with Crippen LogP contribution in [0, 0.1) is 29.1 Å². The Morgan fingerprint density at radius 3 is 2.69 bits per heavy atom. The third kappa shape index (κ3) is 0.971. The zero-order valence-corrected chi connectivity index (χ0v) is 10.8. The van der Waals surface area contributed by atoms with Gasteiger partial charge in [0.15, 0.2) is 0 Å². The van der Waals surface area contributed by atoms with Gasteiger partial charge in [-0.1, -0.05) is 32.9 Å². The van der Waals surface area contributed by atoms with Crippen molar-refractivity contribution in [2.24, 2.45) is 29.1 Å². The van der Waals surface area contributed by atoms with E-state index >= 15 is 0 Å². The van der Waals surface area contributed by atoms with Crippen molar-refractivity contribution < 1.29 is 5.11 Å². The lowest BCUT2D eigenvalue weighted by Gasteiger charge is -2.59. The minimum atomic E-state index is -0.413. The summed E-state index contributed by atoms with van der Waals surface area (Å²) in [6.07, 6.45) is 4.76. The van der Waals surface area contributed by atoms with Gasteiger partial charge in [-0.3, -0.25) is 0 Å². The first-order valence-electron chi connectivity index (χ1n) is 6.81. The summed E-state index contributed by atoms with van der Waals surface area (Å²) in [6.45, 7) is 11.0. The van der Waals surface area contributed by atoms with Crippen molar-refractivity contribution in [3.8, 4) is 0 Å². The largest absolute Gasteiger partial charge is 0.389 e. The maximum Gasteiger partial charge on any atom is 0.0709 e. The molecule has 0 aromatic carbocycles. The zero-order valence-electron chi connectivity index (χ0n) is 10.8. The standard InChI is InChI=1S/C15H24O/c1-9(2)15(16)8-7-14(4)11-6-5-10(3)12(11)13(14)15/h9,11-13,16H,3,5-8H2,1-2,4H3. The average Bonchev–Trinajstić information content (AvgIpc) is 2.62. The Morgan fingerprint density at radius 1 is 1.38 bits per heavy atom. The molecule has 0 radical (unpaired) electrons. The normalized spacial score (nSPS) is 55.1. The van der Waals surface area contributed by atoms with Crippen LogP contribution in [0.15, 0.2) is 12.2 Å². The number of allylic oxidation sites excluding steroid dienone is 1. The van der Waals surface area contributed by atoms with E-state index in [-0.39, 0.29) is 0 Å². The maximum atomic E-state index is 10.9. The van der Waals surface area contributed by atoms with Crippen molar-refractivity contribution in [3.63, 3.8) is 0 Å². The second-order valence-corrected chi connectivity index (χ2v) is 6.96. The molecule has 1 N–H and O–H groups in total. The van der Waals surface area contributed by atoms with E-state index in [1.54, 1.807) is 0 Å². The lowest BCUT2D eigenvalue weighted by molar-refractivity contribution is -0.160. The molecule has 3 fully saturated rings. The molecule has 0 spiro atoms. The van der Waals surface area contributed by atoms with Crippen molar-refractivity contribution in [2.75, 3.05) is 0 Å². The Labute approximate surface area is 98.9 Å². The highest BCUT2D eigenvalue weighted by Gasteiger charge is 2.71. The molecule has 5 unspecified atom stereocenters. The average molecular weight is 220 g/mol. The van der Waals surface area contributed by atoms with Gasteiger partial charge in [-0.2, -0.15) is 0 Å². The molecule has 0 amide bonds. The lowest BCUT2D eigenvalue weighted by Crippen LogP contribution is -2.59. The van der Waals surface area contributed by atoms with Crippen molar-refractivity contribution in [3.05, 3.63) is 12.2 Å². The van der Waals surface area contributed by atoms with E-state index in [0.717, 1.165) is 12.3 Å². The summed E-state index contributed by atoms with van der Waals surface area (Å²) >= 11 is 0.